The van der Waals surface area contributed by atoms with Crippen LogP contribution in [0.15, 0.2) is 42.5 Å². The van der Waals surface area contributed by atoms with Gasteiger partial charge in [0.1, 0.15) is 0 Å². The second-order valence-electron chi connectivity index (χ2n) is 4.54. The number of hydrogen-bond acceptors (Lipinski definition) is 2. The van der Waals surface area contributed by atoms with Gasteiger partial charge >= 0.3 is 0 Å². The molecule has 0 aliphatic carbocycles. The second kappa shape index (κ2) is 7.47. The van der Waals surface area contributed by atoms with E-state index in [0.29, 0.717) is 17.1 Å². The molecule has 0 aliphatic heterocycles. The monoisotopic (exact) mass is 341 g/mol. The molecule has 116 valence electrons. The highest BCUT2D eigenvalue weighted by Gasteiger charge is 2.21. The van der Waals surface area contributed by atoms with Gasteiger partial charge in [-0.25, -0.2) is 4.39 Å². The summed E-state index contributed by atoms with van der Waals surface area (Å²) in [6.07, 6.45) is -0.467. The second-order valence-corrected chi connectivity index (χ2v) is 5.32. The molecule has 0 heterocycles. The maximum absolute atomic E-state index is 13.6. The van der Waals surface area contributed by atoms with E-state index in [-0.39, 0.29) is 10.8 Å². The van der Waals surface area contributed by atoms with Crippen molar-refractivity contribution in [3.63, 3.8) is 0 Å². The zero-order chi connectivity index (χ0) is 16.1. The highest BCUT2D eigenvalue weighted by Crippen LogP contribution is 2.30. The summed E-state index contributed by atoms with van der Waals surface area (Å²) >= 11 is 11.9. The van der Waals surface area contributed by atoms with Crippen LogP contribution in [0, 0.1) is 5.82 Å². The van der Waals surface area contributed by atoms with Gasteiger partial charge in [-0.05, 0) is 30.7 Å². The van der Waals surface area contributed by atoms with E-state index < -0.39 is 17.8 Å². The largest absolute Gasteiger partial charge is 0.478 e. The summed E-state index contributed by atoms with van der Waals surface area (Å²) in [7, 11) is 0. The Hall–Kier alpha value is -1.78. The number of ether oxygens (including phenoxy) is 1. The molecule has 0 unspecified atom stereocenters. The molecule has 0 bridgehead atoms. The number of para-hydroxylation sites is 1. The van der Waals surface area contributed by atoms with Crippen molar-refractivity contribution in [3.05, 3.63) is 58.3 Å². The lowest BCUT2D eigenvalue weighted by Gasteiger charge is -2.18. The minimum Gasteiger partial charge on any atom is -0.478 e. The van der Waals surface area contributed by atoms with Crippen LogP contribution in [0.1, 0.15) is 13.3 Å². The predicted molar refractivity (Wildman–Crippen MR) is 86.2 cm³/mol. The van der Waals surface area contributed by atoms with Gasteiger partial charge in [0.25, 0.3) is 5.91 Å². The summed E-state index contributed by atoms with van der Waals surface area (Å²) in [6, 6.07) is 10.8. The van der Waals surface area contributed by atoms with Crippen LogP contribution >= 0.6 is 23.2 Å². The number of nitrogens with one attached hydrogen (secondary N) is 1. The molecule has 0 radical (unpaired) electrons. The van der Waals surface area contributed by atoms with E-state index in [4.69, 9.17) is 27.9 Å². The third kappa shape index (κ3) is 3.90. The van der Waals surface area contributed by atoms with E-state index in [1.54, 1.807) is 37.3 Å². The van der Waals surface area contributed by atoms with Gasteiger partial charge in [-0.1, -0.05) is 48.3 Å². The highest BCUT2D eigenvalue weighted by molar-refractivity contribution is 6.44. The molecule has 0 saturated heterocycles. The SMILES string of the molecule is CC[C@@H](Oc1ccccc1F)C(=O)Nc1cccc(Cl)c1Cl. The lowest BCUT2D eigenvalue weighted by Crippen LogP contribution is -2.32. The molecular formula is C16H14Cl2FNO2. The van der Waals surface area contributed by atoms with Crippen LogP contribution in [-0.4, -0.2) is 12.0 Å². The zero-order valence-corrected chi connectivity index (χ0v) is 13.3. The van der Waals surface area contributed by atoms with Gasteiger partial charge in [-0.15, -0.1) is 0 Å². The molecule has 2 aromatic rings. The van der Waals surface area contributed by atoms with Crippen molar-refractivity contribution in [3.8, 4) is 5.75 Å². The first kappa shape index (κ1) is 16.6. The molecule has 0 aromatic heterocycles. The fourth-order valence-corrected chi connectivity index (χ4v) is 2.18. The standard InChI is InChI=1S/C16H14Cl2FNO2/c1-2-13(22-14-9-4-3-7-11(14)19)16(21)20-12-8-5-6-10(17)15(12)18/h3-9,13H,2H2,1H3,(H,20,21)/t13-/m1/s1. The highest BCUT2D eigenvalue weighted by atomic mass is 35.5. The molecule has 2 aromatic carbocycles. The van der Waals surface area contributed by atoms with Crippen LogP contribution in [0.2, 0.25) is 10.0 Å². The van der Waals surface area contributed by atoms with Gasteiger partial charge in [0.2, 0.25) is 0 Å². The summed E-state index contributed by atoms with van der Waals surface area (Å²) in [4.78, 5) is 12.3. The van der Waals surface area contributed by atoms with Gasteiger partial charge in [-0.3, -0.25) is 4.79 Å². The maximum atomic E-state index is 13.6. The molecule has 1 atom stereocenters. The molecule has 0 saturated carbocycles. The normalized spacial score (nSPS) is 11.8. The predicted octanol–water partition coefficient (Wildman–Crippen LogP) is 4.93. The minimum atomic E-state index is -0.841. The van der Waals surface area contributed by atoms with Crippen molar-refractivity contribution in [2.24, 2.45) is 0 Å². The molecule has 0 fully saturated rings. The van der Waals surface area contributed by atoms with Crippen LogP contribution < -0.4 is 10.1 Å². The first-order valence-corrected chi connectivity index (χ1v) is 7.44. The molecule has 3 nitrogen and oxygen atoms in total. The number of carbonyl (C=O) groups is 1. The Kier molecular flexibility index (Phi) is 5.63. The van der Waals surface area contributed by atoms with Gasteiger partial charge < -0.3 is 10.1 Å². The number of hydrogen-bond donors (Lipinski definition) is 1. The Balaban J connectivity index is 2.12. The molecule has 0 spiro atoms. The van der Waals surface area contributed by atoms with Gasteiger partial charge in [-0.2, -0.15) is 0 Å². The van der Waals surface area contributed by atoms with Gasteiger partial charge in [0, 0.05) is 0 Å². The van der Waals surface area contributed by atoms with E-state index in [2.05, 4.69) is 5.32 Å². The van der Waals surface area contributed by atoms with Crippen LogP contribution in [-0.2, 0) is 4.79 Å². The van der Waals surface area contributed by atoms with E-state index >= 15 is 0 Å². The Morgan fingerprint density at radius 3 is 2.64 bits per heavy atom. The third-order valence-corrected chi connectivity index (χ3v) is 3.80. The summed E-state index contributed by atoms with van der Waals surface area (Å²) in [6.45, 7) is 1.77. The van der Waals surface area contributed by atoms with Gasteiger partial charge in [0.15, 0.2) is 17.7 Å². The van der Waals surface area contributed by atoms with Crippen LogP contribution in [0.4, 0.5) is 10.1 Å². The fourth-order valence-electron chi connectivity index (χ4n) is 1.83. The lowest BCUT2D eigenvalue weighted by atomic mass is 10.2. The fraction of sp³-hybridized carbons (Fsp3) is 0.188. The summed E-state index contributed by atoms with van der Waals surface area (Å²) in [5, 5.41) is 3.22. The van der Waals surface area contributed by atoms with Crippen LogP contribution in [0.5, 0.6) is 5.75 Å². The lowest BCUT2D eigenvalue weighted by molar-refractivity contribution is -0.122. The van der Waals surface area contributed by atoms with Gasteiger partial charge in [0.05, 0.1) is 15.7 Å². The Labute approximate surface area is 138 Å². The summed E-state index contributed by atoms with van der Waals surface area (Å²) < 4.78 is 19.0. The van der Waals surface area contributed by atoms with Crippen LogP contribution in [0.25, 0.3) is 0 Å². The maximum Gasteiger partial charge on any atom is 0.265 e. The Morgan fingerprint density at radius 2 is 1.95 bits per heavy atom. The van der Waals surface area contributed by atoms with E-state index in [9.17, 15) is 9.18 Å². The van der Waals surface area contributed by atoms with Crippen LogP contribution in [0.3, 0.4) is 0 Å². The number of anilines is 1. The first-order chi connectivity index (χ1) is 10.5. The molecule has 6 heteroatoms. The third-order valence-electron chi connectivity index (χ3n) is 2.98. The Morgan fingerprint density at radius 1 is 1.23 bits per heavy atom. The Bertz CT molecular complexity index is 679. The van der Waals surface area contributed by atoms with Crippen molar-refractivity contribution >= 4 is 34.8 Å². The van der Waals surface area contributed by atoms with Crippen molar-refractivity contribution in [2.45, 2.75) is 19.4 Å². The topological polar surface area (TPSA) is 38.3 Å². The average molecular weight is 342 g/mol. The zero-order valence-electron chi connectivity index (χ0n) is 11.8. The first-order valence-electron chi connectivity index (χ1n) is 6.69. The van der Waals surface area contributed by atoms with Crippen molar-refractivity contribution < 1.29 is 13.9 Å². The smallest absolute Gasteiger partial charge is 0.265 e. The number of benzene rings is 2. The van der Waals surface area contributed by atoms with E-state index in [0.717, 1.165) is 0 Å². The number of rotatable bonds is 5. The molecule has 22 heavy (non-hydrogen) atoms. The molecule has 2 rings (SSSR count). The average Bonchev–Trinajstić information content (AvgIpc) is 2.51. The van der Waals surface area contributed by atoms with Crippen molar-refractivity contribution in [1.29, 1.82) is 0 Å². The molecule has 0 aliphatic rings. The molecule has 1 amide bonds. The van der Waals surface area contributed by atoms with Crippen molar-refractivity contribution in [2.75, 3.05) is 5.32 Å². The number of halogens is 3. The summed E-state index contributed by atoms with van der Waals surface area (Å²) in [5.41, 5.74) is 0.384. The molecule has 1 N–H and O–H groups in total. The number of amides is 1. The van der Waals surface area contributed by atoms with E-state index in [1.807, 2.05) is 0 Å². The quantitative estimate of drug-likeness (QED) is 0.837. The number of carbonyl (C=O) groups excluding carboxylic acids is 1. The molecular weight excluding hydrogens is 328 g/mol. The minimum absolute atomic E-state index is 0.0293. The van der Waals surface area contributed by atoms with Crippen molar-refractivity contribution in [1.82, 2.24) is 0 Å². The summed E-state index contributed by atoms with van der Waals surface area (Å²) in [5.74, 6) is -0.911. The van der Waals surface area contributed by atoms with E-state index in [1.165, 1.54) is 12.1 Å².